The summed E-state index contributed by atoms with van der Waals surface area (Å²) in [5.74, 6) is -0.254. The molecule has 1 saturated heterocycles. The molecule has 0 radical (unpaired) electrons. The molecule has 3 rings (SSSR count). The Kier molecular flexibility index (Phi) is 4.98. The Morgan fingerprint density at radius 3 is 2.80 bits per heavy atom. The Bertz CT molecular complexity index is 827. The van der Waals surface area contributed by atoms with Crippen LogP contribution >= 0.6 is 11.6 Å². The normalized spacial score (nSPS) is 19.6. The van der Waals surface area contributed by atoms with E-state index in [0.29, 0.717) is 22.7 Å². The molecule has 130 valence electrons. The summed E-state index contributed by atoms with van der Waals surface area (Å²) in [7, 11) is 0. The molecule has 3 N–H and O–H groups in total. The molecule has 8 heteroatoms. The van der Waals surface area contributed by atoms with E-state index < -0.39 is 11.0 Å². The number of hydrogen-bond acceptors (Lipinski definition) is 5. The van der Waals surface area contributed by atoms with Crippen molar-refractivity contribution in [3.8, 4) is 0 Å². The molecule has 2 unspecified atom stereocenters. The van der Waals surface area contributed by atoms with Gasteiger partial charge in [-0.3, -0.25) is 14.9 Å². The summed E-state index contributed by atoms with van der Waals surface area (Å²) < 4.78 is 0. The Labute approximate surface area is 149 Å². The number of benzene rings is 2. The van der Waals surface area contributed by atoms with Gasteiger partial charge >= 0.3 is 0 Å². The summed E-state index contributed by atoms with van der Waals surface area (Å²) in [6, 6.07) is 11.6. The smallest absolute Gasteiger partial charge is 0.274 e. The number of hydrogen-bond donors (Lipinski definition) is 3. The van der Waals surface area contributed by atoms with Crippen LogP contribution in [-0.4, -0.2) is 16.9 Å². The van der Waals surface area contributed by atoms with E-state index in [4.69, 9.17) is 11.6 Å². The molecule has 2 aromatic carbocycles. The van der Waals surface area contributed by atoms with Gasteiger partial charge in [-0.05, 0) is 37.1 Å². The summed E-state index contributed by atoms with van der Waals surface area (Å²) in [6.07, 6.45) is 0.542. The van der Waals surface area contributed by atoms with Gasteiger partial charge in [0.1, 0.15) is 6.04 Å². The van der Waals surface area contributed by atoms with Crippen LogP contribution in [0.1, 0.15) is 23.6 Å². The highest BCUT2D eigenvalue weighted by molar-refractivity contribution is 6.30. The summed E-state index contributed by atoms with van der Waals surface area (Å²) >= 11 is 6.00. The number of nitrogens with zero attached hydrogens (tertiary/aromatic N) is 1. The lowest BCUT2D eigenvalue weighted by Gasteiger charge is -2.11. The first-order chi connectivity index (χ1) is 11.9. The molecule has 1 heterocycles. The van der Waals surface area contributed by atoms with Crippen molar-refractivity contribution >= 4 is 28.9 Å². The van der Waals surface area contributed by atoms with E-state index in [9.17, 15) is 14.9 Å². The third-order valence-corrected chi connectivity index (χ3v) is 4.38. The van der Waals surface area contributed by atoms with Crippen LogP contribution in [0.25, 0.3) is 0 Å². The second-order valence-electron chi connectivity index (χ2n) is 5.93. The minimum Gasteiger partial charge on any atom is -0.324 e. The molecule has 1 aliphatic rings. The maximum Gasteiger partial charge on any atom is 0.274 e. The van der Waals surface area contributed by atoms with Gasteiger partial charge in [0.15, 0.2) is 0 Å². The summed E-state index contributed by atoms with van der Waals surface area (Å²) in [5, 5.41) is 14.4. The SMILES string of the molecule is Cc1ccc(NC(=O)C2CC(c3cccc(Cl)c3)NN2)cc1[N+](=O)[O-]. The lowest BCUT2D eigenvalue weighted by Crippen LogP contribution is -2.39. The molecule has 2 aromatic rings. The predicted octanol–water partition coefficient (Wildman–Crippen LogP) is 3.10. The third-order valence-electron chi connectivity index (χ3n) is 4.14. The molecule has 7 nitrogen and oxygen atoms in total. The highest BCUT2D eigenvalue weighted by Gasteiger charge is 2.30. The van der Waals surface area contributed by atoms with Crippen LogP contribution in [0.5, 0.6) is 0 Å². The van der Waals surface area contributed by atoms with Crippen LogP contribution in [0.3, 0.4) is 0 Å². The van der Waals surface area contributed by atoms with Crippen LogP contribution < -0.4 is 16.2 Å². The Morgan fingerprint density at radius 2 is 2.08 bits per heavy atom. The fourth-order valence-corrected chi connectivity index (χ4v) is 2.98. The highest BCUT2D eigenvalue weighted by atomic mass is 35.5. The topological polar surface area (TPSA) is 96.3 Å². The summed E-state index contributed by atoms with van der Waals surface area (Å²) in [4.78, 5) is 23.0. The first-order valence-electron chi connectivity index (χ1n) is 7.76. The van der Waals surface area contributed by atoms with Gasteiger partial charge in [-0.25, -0.2) is 10.9 Å². The van der Waals surface area contributed by atoms with E-state index in [1.807, 2.05) is 18.2 Å². The van der Waals surface area contributed by atoms with Gasteiger partial charge in [-0.15, -0.1) is 0 Å². The number of amides is 1. The lowest BCUT2D eigenvalue weighted by atomic mass is 10.0. The maximum absolute atomic E-state index is 12.4. The van der Waals surface area contributed by atoms with Crippen molar-refractivity contribution in [1.82, 2.24) is 10.9 Å². The molecule has 0 spiro atoms. The van der Waals surface area contributed by atoms with E-state index in [1.165, 1.54) is 6.07 Å². The third kappa shape index (κ3) is 3.96. The second kappa shape index (κ2) is 7.18. The molecule has 1 aliphatic heterocycles. The van der Waals surface area contributed by atoms with Crippen molar-refractivity contribution in [3.05, 3.63) is 68.7 Å². The van der Waals surface area contributed by atoms with Crippen molar-refractivity contribution in [3.63, 3.8) is 0 Å². The van der Waals surface area contributed by atoms with Crippen molar-refractivity contribution < 1.29 is 9.72 Å². The molecule has 25 heavy (non-hydrogen) atoms. The van der Waals surface area contributed by atoms with Gasteiger partial charge in [-0.1, -0.05) is 29.8 Å². The van der Waals surface area contributed by atoms with E-state index in [0.717, 1.165) is 5.56 Å². The zero-order valence-corrected chi connectivity index (χ0v) is 14.2. The number of halogens is 1. The average Bonchev–Trinajstić information content (AvgIpc) is 3.06. The van der Waals surface area contributed by atoms with E-state index >= 15 is 0 Å². The fourth-order valence-electron chi connectivity index (χ4n) is 2.78. The largest absolute Gasteiger partial charge is 0.324 e. The molecule has 0 saturated carbocycles. The summed E-state index contributed by atoms with van der Waals surface area (Å²) in [5.41, 5.74) is 7.94. The van der Waals surface area contributed by atoms with E-state index in [-0.39, 0.29) is 17.6 Å². The molecule has 0 bridgehead atoms. The molecular weight excluding hydrogens is 344 g/mol. The first kappa shape index (κ1) is 17.3. The number of anilines is 1. The van der Waals surface area contributed by atoms with Gasteiger partial charge in [0.25, 0.3) is 5.69 Å². The Morgan fingerprint density at radius 1 is 1.28 bits per heavy atom. The predicted molar refractivity (Wildman–Crippen MR) is 95.3 cm³/mol. The Balaban J connectivity index is 1.67. The second-order valence-corrected chi connectivity index (χ2v) is 6.37. The van der Waals surface area contributed by atoms with Gasteiger partial charge in [0.05, 0.1) is 4.92 Å². The standard InChI is InChI=1S/C17H17ClN4O3/c1-10-5-6-13(8-16(10)22(24)25)19-17(23)15-9-14(20-21-15)11-3-2-4-12(18)7-11/h2-8,14-15,20-21H,9H2,1H3,(H,19,23). The van der Waals surface area contributed by atoms with Crippen LogP contribution in [-0.2, 0) is 4.79 Å². The summed E-state index contributed by atoms with van der Waals surface area (Å²) in [6.45, 7) is 1.65. The highest BCUT2D eigenvalue weighted by Crippen LogP contribution is 2.26. The molecular formula is C17H17ClN4O3. The van der Waals surface area contributed by atoms with E-state index in [2.05, 4.69) is 16.2 Å². The molecule has 1 amide bonds. The zero-order valence-electron chi connectivity index (χ0n) is 13.5. The Hall–Kier alpha value is -2.48. The molecule has 1 fully saturated rings. The monoisotopic (exact) mass is 360 g/mol. The average molecular weight is 361 g/mol. The molecule has 0 aromatic heterocycles. The van der Waals surface area contributed by atoms with Crippen LogP contribution in [0, 0.1) is 17.0 Å². The van der Waals surface area contributed by atoms with Gasteiger partial charge < -0.3 is 5.32 Å². The number of nitro groups is 1. The number of nitrogens with one attached hydrogen (secondary N) is 3. The van der Waals surface area contributed by atoms with Gasteiger partial charge in [0.2, 0.25) is 5.91 Å². The number of rotatable bonds is 4. The number of carbonyl (C=O) groups excluding carboxylic acids is 1. The number of hydrazine groups is 1. The van der Waals surface area contributed by atoms with Crippen LogP contribution in [0.4, 0.5) is 11.4 Å². The minimum atomic E-state index is -0.463. The van der Waals surface area contributed by atoms with E-state index in [1.54, 1.807) is 25.1 Å². The van der Waals surface area contributed by atoms with Gasteiger partial charge in [0, 0.05) is 28.4 Å². The maximum atomic E-state index is 12.4. The lowest BCUT2D eigenvalue weighted by molar-refractivity contribution is -0.385. The van der Waals surface area contributed by atoms with Crippen molar-refractivity contribution in [1.29, 1.82) is 0 Å². The van der Waals surface area contributed by atoms with Crippen molar-refractivity contribution in [2.24, 2.45) is 0 Å². The number of nitro benzene ring substituents is 1. The number of aryl methyl sites for hydroxylation is 1. The minimum absolute atomic E-state index is 0.0212. The van der Waals surface area contributed by atoms with Gasteiger partial charge in [-0.2, -0.15) is 0 Å². The number of carbonyl (C=O) groups is 1. The zero-order chi connectivity index (χ0) is 18.0. The molecule has 2 atom stereocenters. The molecule has 0 aliphatic carbocycles. The van der Waals surface area contributed by atoms with Crippen molar-refractivity contribution in [2.75, 3.05) is 5.32 Å². The van der Waals surface area contributed by atoms with Crippen LogP contribution in [0.15, 0.2) is 42.5 Å². The first-order valence-corrected chi connectivity index (χ1v) is 8.14. The van der Waals surface area contributed by atoms with Crippen LogP contribution in [0.2, 0.25) is 5.02 Å². The van der Waals surface area contributed by atoms with Crippen molar-refractivity contribution in [2.45, 2.75) is 25.4 Å². The fraction of sp³-hybridized carbons (Fsp3) is 0.235. The quantitative estimate of drug-likeness (QED) is 0.575.